The van der Waals surface area contributed by atoms with Crippen LogP contribution in [0.25, 0.3) is 0 Å². The SMILES string of the molecule is CCCc1cc2c(s1)CCOC21CCN(C/C(N)=C/N(N)CC(C)SC)CC1. The number of piperidine rings is 1. The van der Waals surface area contributed by atoms with Gasteiger partial charge in [-0.2, -0.15) is 11.8 Å². The lowest BCUT2D eigenvalue weighted by atomic mass is 9.82. The number of nitrogens with two attached hydrogens (primary N) is 2. The maximum atomic E-state index is 6.40. The van der Waals surface area contributed by atoms with Crippen LogP contribution in [0.2, 0.25) is 0 Å². The fraction of sp³-hybridized carbons (Fsp3) is 0.714. The second kappa shape index (κ2) is 9.85. The van der Waals surface area contributed by atoms with Crippen molar-refractivity contribution in [1.82, 2.24) is 9.91 Å². The highest BCUT2D eigenvalue weighted by Gasteiger charge is 2.41. The van der Waals surface area contributed by atoms with Crippen LogP contribution in [-0.2, 0) is 23.2 Å². The molecule has 158 valence electrons. The van der Waals surface area contributed by atoms with Gasteiger partial charge in [0.05, 0.1) is 12.2 Å². The van der Waals surface area contributed by atoms with E-state index in [-0.39, 0.29) is 5.60 Å². The van der Waals surface area contributed by atoms with E-state index in [1.807, 2.05) is 29.3 Å². The smallest absolute Gasteiger partial charge is 0.0966 e. The molecule has 1 saturated heterocycles. The highest BCUT2D eigenvalue weighted by Crippen LogP contribution is 2.44. The lowest BCUT2D eigenvalue weighted by Crippen LogP contribution is -2.47. The second-order valence-electron chi connectivity index (χ2n) is 8.12. The first-order chi connectivity index (χ1) is 13.5. The third-order valence-corrected chi connectivity index (χ3v) is 8.04. The van der Waals surface area contributed by atoms with Gasteiger partial charge in [-0.25, -0.2) is 5.84 Å². The van der Waals surface area contributed by atoms with Crippen LogP contribution in [0.15, 0.2) is 18.0 Å². The van der Waals surface area contributed by atoms with E-state index < -0.39 is 0 Å². The third-order valence-electron chi connectivity index (χ3n) is 5.83. The summed E-state index contributed by atoms with van der Waals surface area (Å²) in [6.07, 6.45) is 9.56. The van der Waals surface area contributed by atoms with Gasteiger partial charge in [0.15, 0.2) is 0 Å². The molecule has 28 heavy (non-hydrogen) atoms. The van der Waals surface area contributed by atoms with Gasteiger partial charge in [0.1, 0.15) is 0 Å². The Balaban J connectivity index is 1.58. The summed E-state index contributed by atoms with van der Waals surface area (Å²) in [6, 6.07) is 2.44. The van der Waals surface area contributed by atoms with Crippen molar-refractivity contribution in [3.05, 3.63) is 33.3 Å². The van der Waals surface area contributed by atoms with Crippen LogP contribution < -0.4 is 11.6 Å². The predicted octanol–water partition coefficient (Wildman–Crippen LogP) is 3.29. The van der Waals surface area contributed by atoms with Crippen LogP contribution in [0, 0.1) is 0 Å². The van der Waals surface area contributed by atoms with Crippen molar-refractivity contribution >= 4 is 23.1 Å². The van der Waals surface area contributed by atoms with Gasteiger partial charge in [-0.3, -0.25) is 4.90 Å². The van der Waals surface area contributed by atoms with Crippen molar-refractivity contribution in [2.45, 2.75) is 56.8 Å². The van der Waals surface area contributed by atoms with E-state index in [2.05, 4.69) is 31.1 Å². The number of rotatable bonds is 8. The van der Waals surface area contributed by atoms with Gasteiger partial charge in [-0.1, -0.05) is 20.3 Å². The minimum absolute atomic E-state index is 0.0707. The quantitative estimate of drug-likeness (QED) is 0.493. The van der Waals surface area contributed by atoms with E-state index in [1.165, 1.54) is 23.3 Å². The van der Waals surface area contributed by atoms with Crippen LogP contribution in [0.5, 0.6) is 0 Å². The maximum Gasteiger partial charge on any atom is 0.0966 e. The average molecular weight is 425 g/mol. The average Bonchev–Trinajstić information content (AvgIpc) is 3.08. The molecule has 0 aliphatic carbocycles. The van der Waals surface area contributed by atoms with E-state index in [9.17, 15) is 0 Å². The Kier molecular flexibility index (Phi) is 7.73. The molecule has 1 atom stereocenters. The van der Waals surface area contributed by atoms with Crippen LogP contribution in [0.3, 0.4) is 0 Å². The molecule has 1 fully saturated rings. The summed E-state index contributed by atoms with van der Waals surface area (Å²) >= 11 is 3.82. The molecule has 7 heteroatoms. The summed E-state index contributed by atoms with van der Waals surface area (Å²) in [5, 5.41) is 2.21. The second-order valence-corrected chi connectivity index (χ2v) is 10.6. The van der Waals surface area contributed by atoms with Crippen molar-refractivity contribution in [2.75, 3.05) is 39.0 Å². The number of hydrazine groups is 1. The van der Waals surface area contributed by atoms with Crippen LogP contribution in [-0.4, -0.2) is 54.2 Å². The summed E-state index contributed by atoms with van der Waals surface area (Å²) < 4.78 is 6.40. The Hall–Kier alpha value is -0.730. The molecule has 3 rings (SSSR count). The van der Waals surface area contributed by atoms with Gasteiger partial charge in [0, 0.05) is 59.5 Å². The molecule has 0 radical (unpaired) electrons. The van der Waals surface area contributed by atoms with Crippen molar-refractivity contribution < 1.29 is 4.74 Å². The molecule has 0 bridgehead atoms. The van der Waals surface area contributed by atoms with Gasteiger partial charge in [-0.05, 0) is 37.1 Å². The molecule has 1 spiro atoms. The summed E-state index contributed by atoms with van der Waals surface area (Å²) in [5.41, 5.74) is 8.51. The number of likely N-dealkylation sites (tertiary alicyclic amines) is 1. The highest BCUT2D eigenvalue weighted by atomic mass is 32.2. The van der Waals surface area contributed by atoms with E-state index in [0.29, 0.717) is 5.25 Å². The van der Waals surface area contributed by atoms with Gasteiger partial charge in [-0.15, -0.1) is 11.3 Å². The number of nitrogens with zero attached hydrogens (tertiary/aromatic N) is 2. The zero-order valence-electron chi connectivity index (χ0n) is 17.6. The molecule has 4 N–H and O–H groups in total. The number of thioether (sulfide) groups is 1. The number of ether oxygens (including phenoxy) is 1. The Bertz CT molecular complexity index is 667. The van der Waals surface area contributed by atoms with Crippen molar-refractivity contribution in [3.8, 4) is 0 Å². The maximum absolute atomic E-state index is 6.40. The number of hydrogen-bond acceptors (Lipinski definition) is 7. The van der Waals surface area contributed by atoms with Crippen molar-refractivity contribution in [2.24, 2.45) is 11.6 Å². The minimum atomic E-state index is -0.0707. The molecular weight excluding hydrogens is 388 g/mol. The fourth-order valence-electron chi connectivity index (χ4n) is 4.26. The Morgan fingerprint density at radius 2 is 2.21 bits per heavy atom. The van der Waals surface area contributed by atoms with E-state index in [4.69, 9.17) is 16.3 Å². The number of thiophene rings is 1. The van der Waals surface area contributed by atoms with E-state index in [0.717, 1.165) is 57.7 Å². The molecular formula is C21H36N4OS2. The van der Waals surface area contributed by atoms with Crippen LogP contribution >= 0.6 is 23.1 Å². The molecule has 5 nitrogen and oxygen atoms in total. The molecule has 0 aromatic carbocycles. The highest BCUT2D eigenvalue weighted by molar-refractivity contribution is 7.99. The summed E-state index contributed by atoms with van der Waals surface area (Å²) in [5.74, 6) is 6.07. The zero-order valence-corrected chi connectivity index (χ0v) is 19.2. The first-order valence-corrected chi connectivity index (χ1v) is 12.5. The normalized spacial score (nSPS) is 20.9. The van der Waals surface area contributed by atoms with Crippen LogP contribution in [0.1, 0.15) is 48.4 Å². The topological polar surface area (TPSA) is 67.8 Å². The molecule has 2 aliphatic rings. The first-order valence-electron chi connectivity index (χ1n) is 10.4. The van der Waals surface area contributed by atoms with E-state index in [1.54, 1.807) is 9.89 Å². The van der Waals surface area contributed by atoms with E-state index >= 15 is 0 Å². The lowest BCUT2D eigenvalue weighted by molar-refractivity contribution is -0.0961. The summed E-state index contributed by atoms with van der Waals surface area (Å²) in [4.78, 5) is 5.51. The third kappa shape index (κ3) is 5.25. The van der Waals surface area contributed by atoms with Gasteiger partial charge in [0.25, 0.3) is 0 Å². The zero-order chi connectivity index (χ0) is 20.1. The predicted molar refractivity (Wildman–Crippen MR) is 121 cm³/mol. The minimum Gasteiger partial charge on any atom is -0.400 e. The Morgan fingerprint density at radius 3 is 2.89 bits per heavy atom. The Morgan fingerprint density at radius 1 is 1.46 bits per heavy atom. The van der Waals surface area contributed by atoms with Crippen molar-refractivity contribution in [3.63, 3.8) is 0 Å². The Labute approximate surface area is 178 Å². The van der Waals surface area contributed by atoms with Gasteiger partial charge < -0.3 is 15.5 Å². The molecule has 0 saturated carbocycles. The molecule has 1 unspecified atom stereocenters. The number of hydrogen-bond donors (Lipinski definition) is 2. The monoisotopic (exact) mass is 424 g/mol. The molecule has 3 heterocycles. The molecule has 2 aliphatic heterocycles. The summed E-state index contributed by atoms with van der Waals surface area (Å²) in [6.45, 7) is 8.89. The van der Waals surface area contributed by atoms with Crippen molar-refractivity contribution in [1.29, 1.82) is 0 Å². The standard InChI is InChI=1S/C21H36N4OS2/c1-4-5-18-12-19-20(28-18)6-11-26-21(19)7-9-24(10-8-21)14-17(22)15-25(23)13-16(2)27-3/h12,15-16H,4-11,13-14,22-23H2,1-3H3/b17-15-. The first kappa shape index (κ1) is 22.0. The number of fused-ring (bicyclic) bond motifs is 2. The van der Waals surface area contributed by atoms with Crippen LogP contribution in [0.4, 0.5) is 0 Å². The summed E-state index contributed by atoms with van der Waals surface area (Å²) in [7, 11) is 0. The molecule has 0 amide bonds. The van der Waals surface area contributed by atoms with Gasteiger partial charge >= 0.3 is 0 Å². The number of aryl methyl sites for hydroxylation is 1. The molecule has 1 aromatic heterocycles. The molecule has 1 aromatic rings. The fourth-order valence-corrected chi connectivity index (χ4v) is 5.93. The largest absolute Gasteiger partial charge is 0.400 e. The van der Waals surface area contributed by atoms with Gasteiger partial charge in [0.2, 0.25) is 0 Å². The lowest BCUT2D eigenvalue weighted by Gasteiger charge is -2.44.